The Balaban J connectivity index is 1.60. The highest BCUT2D eigenvalue weighted by Gasteiger charge is 2.18. The first-order valence-corrected chi connectivity index (χ1v) is 6.97. The van der Waals surface area contributed by atoms with Crippen LogP contribution in [0.4, 0.5) is 5.69 Å². The topological polar surface area (TPSA) is 58.2 Å². The lowest BCUT2D eigenvalue weighted by Gasteiger charge is -2.06. The van der Waals surface area contributed by atoms with Gasteiger partial charge in [-0.1, -0.05) is 36.4 Å². The maximum atomic E-state index is 12.0. The average molecular weight is 280 g/mol. The summed E-state index contributed by atoms with van der Waals surface area (Å²) in [6.07, 6.45) is 1.13. The first kappa shape index (κ1) is 13.4. The Morgan fingerprint density at radius 2 is 1.95 bits per heavy atom. The minimum absolute atomic E-state index is 0.0443. The Labute approximate surface area is 123 Å². The van der Waals surface area contributed by atoms with E-state index in [2.05, 4.69) is 10.6 Å². The third-order valence-electron chi connectivity index (χ3n) is 3.56. The van der Waals surface area contributed by atoms with E-state index in [0.717, 1.165) is 11.1 Å². The van der Waals surface area contributed by atoms with Crippen LogP contribution in [0.25, 0.3) is 0 Å². The average Bonchev–Trinajstić information content (AvgIpc) is 2.87. The summed E-state index contributed by atoms with van der Waals surface area (Å²) in [4.78, 5) is 23.5. The summed E-state index contributed by atoms with van der Waals surface area (Å²) in [6, 6.07) is 15.3. The summed E-state index contributed by atoms with van der Waals surface area (Å²) in [6.45, 7) is 0.566. The molecule has 1 aliphatic rings. The molecule has 21 heavy (non-hydrogen) atoms. The number of fused-ring (bicyclic) bond motifs is 1. The van der Waals surface area contributed by atoms with E-state index in [9.17, 15) is 9.59 Å². The third kappa shape index (κ3) is 3.11. The van der Waals surface area contributed by atoms with Crippen molar-refractivity contribution in [2.24, 2.45) is 0 Å². The van der Waals surface area contributed by atoms with Crippen molar-refractivity contribution in [1.82, 2.24) is 5.32 Å². The van der Waals surface area contributed by atoms with Crippen LogP contribution >= 0.6 is 0 Å². The number of amides is 2. The molecule has 0 fully saturated rings. The maximum Gasteiger partial charge on any atom is 0.251 e. The first-order valence-electron chi connectivity index (χ1n) is 6.97. The van der Waals surface area contributed by atoms with Crippen LogP contribution in [0.3, 0.4) is 0 Å². The van der Waals surface area contributed by atoms with Gasteiger partial charge in [-0.2, -0.15) is 0 Å². The van der Waals surface area contributed by atoms with Gasteiger partial charge in [-0.15, -0.1) is 0 Å². The van der Waals surface area contributed by atoms with Crippen molar-refractivity contribution in [3.63, 3.8) is 0 Å². The molecular formula is C17H16N2O2. The molecule has 0 unspecified atom stereocenters. The highest BCUT2D eigenvalue weighted by Crippen LogP contribution is 2.20. The molecule has 0 aromatic heterocycles. The van der Waals surface area contributed by atoms with Gasteiger partial charge >= 0.3 is 0 Å². The Kier molecular flexibility index (Phi) is 3.69. The fourth-order valence-corrected chi connectivity index (χ4v) is 2.42. The number of rotatable bonds is 4. The van der Waals surface area contributed by atoms with E-state index in [1.54, 1.807) is 6.07 Å². The molecular weight excluding hydrogens is 264 g/mol. The third-order valence-corrected chi connectivity index (χ3v) is 3.56. The molecule has 0 radical (unpaired) electrons. The normalized spacial score (nSPS) is 12.7. The zero-order valence-electron chi connectivity index (χ0n) is 11.6. The number of benzene rings is 2. The quantitative estimate of drug-likeness (QED) is 0.904. The fourth-order valence-electron chi connectivity index (χ4n) is 2.42. The van der Waals surface area contributed by atoms with Crippen molar-refractivity contribution in [3.05, 3.63) is 65.2 Å². The molecule has 2 amide bonds. The van der Waals surface area contributed by atoms with E-state index in [0.29, 0.717) is 30.6 Å². The van der Waals surface area contributed by atoms with Crippen LogP contribution < -0.4 is 10.6 Å². The highest BCUT2D eigenvalue weighted by molar-refractivity contribution is 6.00. The van der Waals surface area contributed by atoms with Crippen LogP contribution in [-0.4, -0.2) is 11.8 Å². The summed E-state index contributed by atoms with van der Waals surface area (Å²) in [7, 11) is 0. The molecule has 0 atom stereocenters. The molecule has 0 spiro atoms. The summed E-state index contributed by atoms with van der Waals surface area (Å²) in [5.41, 5.74) is 3.43. The zero-order chi connectivity index (χ0) is 14.7. The standard InChI is InChI=1S/C17H16N2O2/c20-16(9-6-12-4-2-1-3-5-12)19-14-8-7-13-11-18-17(21)15(13)10-14/h1-5,7-8,10H,6,9,11H2,(H,18,21)(H,19,20). The van der Waals surface area contributed by atoms with E-state index in [1.807, 2.05) is 42.5 Å². The van der Waals surface area contributed by atoms with Crippen LogP contribution in [0.2, 0.25) is 0 Å². The molecule has 2 aromatic carbocycles. The van der Waals surface area contributed by atoms with Crippen molar-refractivity contribution >= 4 is 17.5 Å². The zero-order valence-corrected chi connectivity index (χ0v) is 11.6. The van der Waals surface area contributed by atoms with Gasteiger partial charge in [0.1, 0.15) is 0 Å². The molecule has 4 heteroatoms. The van der Waals surface area contributed by atoms with Crippen LogP contribution in [0.5, 0.6) is 0 Å². The maximum absolute atomic E-state index is 12.0. The highest BCUT2D eigenvalue weighted by atomic mass is 16.2. The predicted octanol–water partition coefficient (Wildman–Crippen LogP) is 2.50. The molecule has 3 rings (SSSR count). The molecule has 0 aliphatic carbocycles. The van der Waals surface area contributed by atoms with Gasteiger partial charge in [0.05, 0.1) is 0 Å². The molecule has 1 aliphatic heterocycles. The Hall–Kier alpha value is -2.62. The van der Waals surface area contributed by atoms with Crippen LogP contribution in [0, 0.1) is 0 Å². The fraction of sp³-hybridized carbons (Fsp3) is 0.176. The van der Waals surface area contributed by atoms with Crippen molar-refractivity contribution in [2.75, 3.05) is 5.32 Å². The lowest BCUT2D eigenvalue weighted by molar-refractivity contribution is -0.116. The Morgan fingerprint density at radius 3 is 2.76 bits per heavy atom. The van der Waals surface area contributed by atoms with Gasteiger partial charge in [0.15, 0.2) is 0 Å². The molecule has 0 bridgehead atoms. The predicted molar refractivity (Wildman–Crippen MR) is 81.0 cm³/mol. The largest absolute Gasteiger partial charge is 0.348 e. The van der Waals surface area contributed by atoms with Gasteiger partial charge in [-0.3, -0.25) is 9.59 Å². The van der Waals surface area contributed by atoms with E-state index >= 15 is 0 Å². The molecule has 0 saturated heterocycles. The molecule has 0 saturated carbocycles. The van der Waals surface area contributed by atoms with Crippen molar-refractivity contribution < 1.29 is 9.59 Å². The molecule has 2 N–H and O–H groups in total. The second-order valence-electron chi connectivity index (χ2n) is 5.09. The number of hydrogen-bond acceptors (Lipinski definition) is 2. The van der Waals surface area contributed by atoms with Crippen molar-refractivity contribution in [2.45, 2.75) is 19.4 Å². The summed E-state index contributed by atoms with van der Waals surface area (Å²) in [5, 5.41) is 5.60. The van der Waals surface area contributed by atoms with E-state index in [4.69, 9.17) is 0 Å². The first-order chi connectivity index (χ1) is 10.2. The van der Waals surface area contributed by atoms with Crippen LogP contribution in [0.15, 0.2) is 48.5 Å². The Morgan fingerprint density at radius 1 is 1.14 bits per heavy atom. The number of carbonyl (C=O) groups is 2. The minimum Gasteiger partial charge on any atom is -0.348 e. The van der Waals surface area contributed by atoms with E-state index in [1.165, 1.54) is 0 Å². The monoisotopic (exact) mass is 280 g/mol. The number of anilines is 1. The summed E-state index contributed by atoms with van der Waals surface area (Å²) >= 11 is 0. The van der Waals surface area contributed by atoms with Gasteiger partial charge < -0.3 is 10.6 Å². The lowest BCUT2D eigenvalue weighted by Crippen LogP contribution is -2.14. The SMILES string of the molecule is O=C(CCc1ccccc1)Nc1ccc2c(c1)C(=O)NC2. The molecule has 2 aromatic rings. The summed E-state index contributed by atoms with van der Waals surface area (Å²) < 4.78 is 0. The van der Waals surface area contributed by atoms with E-state index < -0.39 is 0 Å². The molecule has 4 nitrogen and oxygen atoms in total. The van der Waals surface area contributed by atoms with E-state index in [-0.39, 0.29) is 11.8 Å². The van der Waals surface area contributed by atoms with Crippen molar-refractivity contribution in [3.8, 4) is 0 Å². The van der Waals surface area contributed by atoms with Gasteiger partial charge in [0, 0.05) is 24.2 Å². The van der Waals surface area contributed by atoms with Crippen molar-refractivity contribution in [1.29, 1.82) is 0 Å². The summed E-state index contributed by atoms with van der Waals surface area (Å²) in [5.74, 6) is -0.123. The molecule has 1 heterocycles. The number of carbonyl (C=O) groups excluding carboxylic acids is 2. The van der Waals surface area contributed by atoms with Gasteiger partial charge in [-0.25, -0.2) is 0 Å². The van der Waals surface area contributed by atoms with Gasteiger partial charge in [-0.05, 0) is 29.7 Å². The smallest absolute Gasteiger partial charge is 0.251 e. The number of nitrogens with one attached hydrogen (secondary N) is 2. The van der Waals surface area contributed by atoms with Crippen LogP contribution in [-0.2, 0) is 17.8 Å². The van der Waals surface area contributed by atoms with Crippen LogP contribution in [0.1, 0.15) is 27.9 Å². The number of hydrogen-bond donors (Lipinski definition) is 2. The van der Waals surface area contributed by atoms with Gasteiger partial charge in [0.2, 0.25) is 5.91 Å². The second kappa shape index (κ2) is 5.79. The number of aryl methyl sites for hydroxylation is 1. The minimum atomic E-state index is -0.0783. The molecule has 106 valence electrons. The van der Waals surface area contributed by atoms with Gasteiger partial charge in [0.25, 0.3) is 5.91 Å². The lowest BCUT2D eigenvalue weighted by atomic mass is 10.1. The second-order valence-corrected chi connectivity index (χ2v) is 5.09. The Bertz CT molecular complexity index is 680.